The summed E-state index contributed by atoms with van der Waals surface area (Å²) >= 11 is 0. The SMILES string of the molecule is O=C(CC1(CC2(CC(=O)c3ccccc3)C3=C(C=CCC3)c3ccccc32)c2ccccc2-c2ccccc21)Oc1ccccc1. The number of fused-ring (bicyclic) bond motifs is 5. The lowest BCUT2D eigenvalue weighted by Gasteiger charge is -2.43. The molecule has 3 nitrogen and oxygen atoms in total. The summed E-state index contributed by atoms with van der Waals surface area (Å²) in [5.41, 5.74) is 8.76. The third-order valence-corrected chi connectivity index (χ3v) is 10.2. The molecule has 8 rings (SSSR count). The summed E-state index contributed by atoms with van der Waals surface area (Å²) < 4.78 is 6.03. The number of carbonyl (C=O) groups is 2. The number of ketones is 1. The van der Waals surface area contributed by atoms with Gasteiger partial charge in [-0.25, -0.2) is 0 Å². The lowest BCUT2D eigenvalue weighted by Crippen LogP contribution is -2.41. The van der Waals surface area contributed by atoms with Gasteiger partial charge in [-0.3, -0.25) is 9.59 Å². The van der Waals surface area contributed by atoms with Crippen LogP contribution in [0.15, 0.2) is 151 Å². The summed E-state index contributed by atoms with van der Waals surface area (Å²) in [4.78, 5) is 28.5. The van der Waals surface area contributed by atoms with Gasteiger partial charge in [-0.15, -0.1) is 0 Å². The Bertz CT molecular complexity index is 1990. The lowest BCUT2D eigenvalue weighted by molar-refractivity contribution is -0.135. The van der Waals surface area contributed by atoms with Gasteiger partial charge in [0.05, 0.1) is 6.42 Å². The molecule has 224 valence electrons. The number of ether oxygens (including phenoxy) is 1. The molecular formula is C43H34O3. The first-order chi connectivity index (χ1) is 22.6. The van der Waals surface area contributed by atoms with Crippen LogP contribution in [-0.2, 0) is 15.6 Å². The highest BCUT2D eigenvalue weighted by atomic mass is 16.5. The van der Waals surface area contributed by atoms with Gasteiger partial charge in [0.25, 0.3) is 0 Å². The molecule has 0 saturated carbocycles. The predicted molar refractivity (Wildman–Crippen MR) is 183 cm³/mol. The van der Waals surface area contributed by atoms with E-state index < -0.39 is 10.8 Å². The predicted octanol–water partition coefficient (Wildman–Crippen LogP) is 9.67. The molecule has 0 N–H and O–H groups in total. The van der Waals surface area contributed by atoms with Crippen molar-refractivity contribution in [3.8, 4) is 16.9 Å². The Morgan fingerprint density at radius 3 is 1.78 bits per heavy atom. The zero-order valence-electron chi connectivity index (χ0n) is 25.6. The molecule has 0 bridgehead atoms. The molecule has 5 aromatic carbocycles. The fourth-order valence-corrected chi connectivity index (χ4v) is 8.45. The van der Waals surface area contributed by atoms with Crippen LogP contribution in [0.1, 0.15) is 64.7 Å². The average molecular weight is 599 g/mol. The maximum absolute atomic E-state index is 14.4. The first-order valence-corrected chi connectivity index (χ1v) is 16.1. The quantitative estimate of drug-likeness (QED) is 0.101. The molecule has 0 heterocycles. The smallest absolute Gasteiger partial charge is 0.312 e. The summed E-state index contributed by atoms with van der Waals surface area (Å²) in [5.74, 6) is 0.358. The highest BCUT2D eigenvalue weighted by Gasteiger charge is 2.55. The molecule has 0 aromatic heterocycles. The van der Waals surface area contributed by atoms with E-state index in [2.05, 4.69) is 84.9 Å². The van der Waals surface area contributed by atoms with Crippen molar-refractivity contribution >= 4 is 17.3 Å². The molecule has 3 heteroatoms. The minimum atomic E-state index is -0.729. The zero-order valence-corrected chi connectivity index (χ0v) is 25.6. The number of hydrogen-bond acceptors (Lipinski definition) is 3. The second-order valence-electron chi connectivity index (χ2n) is 12.7. The summed E-state index contributed by atoms with van der Waals surface area (Å²) in [6, 6.07) is 44.5. The fraction of sp³-hybridized carbons (Fsp3) is 0.163. The van der Waals surface area contributed by atoms with Gasteiger partial charge in [0.15, 0.2) is 5.78 Å². The molecule has 3 aliphatic carbocycles. The van der Waals surface area contributed by atoms with Crippen molar-refractivity contribution in [2.24, 2.45) is 0 Å². The number of allylic oxidation sites excluding steroid dienone is 4. The van der Waals surface area contributed by atoms with Gasteiger partial charge in [0.2, 0.25) is 0 Å². The average Bonchev–Trinajstić information content (AvgIpc) is 3.53. The van der Waals surface area contributed by atoms with E-state index in [9.17, 15) is 9.59 Å². The van der Waals surface area contributed by atoms with E-state index in [1.807, 2.05) is 60.7 Å². The standard InChI is InChI=1S/C43H34O3/c44-40(30-15-3-1-4-16-30)27-42(36-23-11-7-19-32(36)33-20-8-12-24-37(33)42)29-43(28-41(45)46-31-17-5-2-6-18-31)38-25-13-9-21-34(38)35-22-10-14-26-39(35)43/h1-11,13-23,25-26H,12,24,27-29H2. The highest BCUT2D eigenvalue weighted by molar-refractivity contribution is 5.99. The molecule has 5 aromatic rings. The number of esters is 1. The van der Waals surface area contributed by atoms with E-state index >= 15 is 0 Å². The molecule has 0 fully saturated rings. The van der Waals surface area contributed by atoms with E-state index in [0.29, 0.717) is 24.2 Å². The summed E-state index contributed by atoms with van der Waals surface area (Å²) in [6.45, 7) is 0. The molecule has 46 heavy (non-hydrogen) atoms. The van der Waals surface area contributed by atoms with Crippen molar-refractivity contribution in [1.82, 2.24) is 0 Å². The lowest BCUT2D eigenvalue weighted by atomic mass is 9.58. The van der Waals surface area contributed by atoms with Crippen molar-refractivity contribution in [2.45, 2.75) is 42.9 Å². The van der Waals surface area contributed by atoms with Crippen LogP contribution < -0.4 is 4.74 Å². The van der Waals surface area contributed by atoms with Crippen LogP contribution in [0.3, 0.4) is 0 Å². The van der Waals surface area contributed by atoms with E-state index in [1.54, 1.807) is 0 Å². The minimum absolute atomic E-state index is 0.111. The number of rotatable bonds is 8. The van der Waals surface area contributed by atoms with Crippen LogP contribution in [0.4, 0.5) is 0 Å². The molecular weight excluding hydrogens is 564 g/mol. The minimum Gasteiger partial charge on any atom is -0.426 e. The van der Waals surface area contributed by atoms with Gasteiger partial charge in [-0.2, -0.15) is 0 Å². The largest absolute Gasteiger partial charge is 0.426 e. The summed E-state index contributed by atoms with van der Waals surface area (Å²) in [7, 11) is 0. The third kappa shape index (κ3) is 4.49. The molecule has 1 atom stereocenters. The molecule has 0 spiro atoms. The van der Waals surface area contributed by atoms with Crippen LogP contribution >= 0.6 is 0 Å². The van der Waals surface area contributed by atoms with Gasteiger partial charge in [-0.1, -0.05) is 139 Å². The zero-order chi connectivity index (χ0) is 31.1. The topological polar surface area (TPSA) is 43.4 Å². The van der Waals surface area contributed by atoms with E-state index in [4.69, 9.17) is 4.74 Å². The molecule has 0 amide bonds. The van der Waals surface area contributed by atoms with Gasteiger partial charge < -0.3 is 4.74 Å². The molecule has 1 unspecified atom stereocenters. The monoisotopic (exact) mass is 598 g/mol. The van der Waals surface area contributed by atoms with E-state index in [-0.39, 0.29) is 18.2 Å². The summed E-state index contributed by atoms with van der Waals surface area (Å²) in [5, 5.41) is 0. The second kappa shape index (κ2) is 11.3. The van der Waals surface area contributed by atoms with Crippen molar-refractivity contribution in [1.29, 1.82) is 0 Å². The normalized spacial score (nSPS) is 18.3. The second-order valence-corrected chi connectivity index (χ2v) is 12.7. The number of para-hydroxylation sites is 1. The van der Waals surface area contributed by atoms with Gasteiger partial charge in [-0.05, 0) is 70.3 Å². The Hall–Kier alpha value is -5.28. The van der Waals surface area contributed by atoms with Crippen LogP contribution in [-0.4, -0.2) is 11.8 Å². The van der Waals surface area contributed by atoms with E-state index in [1.165, 1.54) is 22.3 Å². The highest BCUT2D eigenvalue weighted by Crippen LogP contribution is 2.62. The Kier molecular flexibility index (Phi) is 6.91. The van der Waals surface area contributed by atoms with Crippen molar-refractivity contribution in [3.63, 3.8) is 0 Å². The van der Waals surface area contributed by atoms with Crippen LogP contribution in [0.2, 0.25) is 0 Å². The van der Waals surface area contributed by atoms with Gasteiger partial charge in [0, 0.05) is 22.8 Å². The van der Waals surface area contributed by atoms with Gasteiger partial charge >= 0.3 is 5.97 Å². The third-order valence-electron chi connectivity index (χ3n) is 10.2. The Labute approximate surface area is 269 Å². The molecule has 0 saturated heterocycles. The number of hydrogen-bond donors (Lipinski definition) is 0. The van der Waals surface area contributed by atoms with Crippen molar-refractivity contribution in [2.75, 3.05) is 0 Å². The molecule has 0 aliphatic heterocycles. The molecule has 3 aliphatic rings. The number of Topliss-reactive ketones (excluding diaryl/α,β-unsaturated/α-hetero) is 1. The van der Waals surface area contributed by atoms with E-state index in [0.717, 1.165) is 35.1 Å². The Balaban J connectivity index is 1.35. The maximum Gasteiger partial charge on any atom is 0.312 e. The Morgan fingerprint density at radius 2 is 1.13 bits per heavy atom. The number of benzene rings is 5. The van der Waals surface area contributed by atoms with Gasteiger partial charge in [0.1, 0.15) is 5.75 Å². The Morgan fingerprint density at radius 1 is 0.587 bits per heavy atom. The van der Waals surface area contributed by atoms with Crippen LogP contribution in [0, 0.1) is 0 Å². The summed E-state index contributed by atoms with van der Waals surface area (Å²) in [6.07, 6.45) is 7.33. The first kappa shape index (κ1) is 28.2. The van der Waals surface area contributed by atoms with Crippen LogP contribution in [0.5, 0.6) is 5.75 Å². The maximum atomic E-state index is 14.4. The number of carbonyl (C=O) groups excluding carboxylic acids is 2. The van der Waals surface area contributed by atoms with Crippen molar-refractivity contribution < 1.29 is 14.3 Å². The fourth-order valence-electron chi connectivity index (χ4n) is 8.45. The molecule has 0 radical (unpaired) electrons. The van der Waals surface area contributed by atoms with Crippen LogP contribution in [0.25, 0.3) is 16.7 Å². The first-order valence-electron chi connectivity index (χ1n) is 16.1. The van der Waals surface area contributed by atoms with Crippen molar-refractivity contribution in [3.05, 3.63) is 179 Å².